The van der Waals surface area contributed by atoms with Crippen LogP contribution in [0.15, 0.2) is 91.0 Å². The van der Waals surface area contributed by atoms with Gasteiger partial charge in [-0.25, -0.2) is 0 Å². The van der Waals surface area contributed by atoms with E-state index >= 15 is 0 Å². The van der Waals surface area contributed by atoms with Crippen LogP contribution < -0.4 is 5.46 Å². The highest BCUT2D eigenvalue weighted by Gasteiger charge is 2.42. The molecule has 0 unspecified atom stereocenters. The lowest BCUT2D eigenvalue weighted by Gasteiger charge is -2.40. The third kappa shape index (κ3) is 3.39. The summed E-state index contributed by atoms with van der Waals surface area (Å²) in [6.07, 6.45) is 0.00381. The van der Waals surface area contributed by atoms with E-state index in [2.05, 4.69) is 67.6 Å². The maximum Gasteiger partial charge on any atom is 0.494 e. The molecule has 124 valence electrons. The minimum Gasteiger partial charge on any atom is -0.404 e. The third-order valence-corrected chi connectivity index (χ3v) is 4.82. The Hall–Kier alpha value is -2.36. The molecule has 1 aliphatic rings. The van der Waals surface area contributed by atoms with Crippen molar-refractivity contribution in [3.8, 4) is 0 Å². The lowest BCUT2D eigenvalue weighted by Crippen LogP contribution is -2.48. The standard InChI is InChI=1S/C22H21BO2/c1-17-21(18-11-5-2-6-12-18)22(19-13-7-3-8-14-19)25-23(24-17)20-15-9-4-10-16-20/h2-17,21-22H,1H3/t17-,21+,22+/m1/s1. The molecule has 1 saturated heterocycles. The van der Waals surface area contributed by atoms with E-state index in [1.54, 1.807) is 0 Å². The van der Waals surface area contributed by atoms with Crippen molar-refractivity contribution >= 4 is 12.6 Å². The van der Waals surface area contributed by atoms with Crippen LogP contribution in [0.25, 0.3) is 0 Å². The second kappa shape index (κ2) is 7.26. The second-order valence-corrected chi connectivity index (χ2v) is 6.49. The van der Waals surface area contributed by atoms with Gasteiger partial charge in [-0.15, -0.1) is 0 Å². The topological polar surface area (TPSA) is 18.5 Å². The predicted molar refractivity (Wildman–Crippen MR) is 102 cm³/mol. The van der Waals surface area contributed by atoms with Crippen LogP contribution in [0, 0.1) is 0 Å². The fourth-order valence-corrected chi connectivity index (χ4v) is 3.59. The van der Waals surface area contributed by atoms with Gasteiger partial charge in [-0.1, -0.05) is 91.0 Å². The molecule has 0 N–H and O–H groups in total. The Morgan fingerprint density at radius 2 is 1.16 bits per heavy atom. The first-order valence-corrected chi connectivity index (χ1v) is 8.78. The largest absolute Gasteiger partial charge is 0.494 e. The molecular formula is C22H21BO2. The zero-order valence-electron chi connectivity index (χ0n) is 14.3. The Morgan fingerprint density at radius 3 is 1.76 bits per heavy atom. The van der Waals surface area contributed by atoms with Crippen LogP contribution in [0.3, 0.4) is 0 Å². The van der Waals surface area contributed by atoms with Gasteiger partial charge in [0, 0.05) is 12.0 Å². The Balaban J connectivity index is 1.72. The maximum atomic E-state index is 6.47. The van der Waals surface area contributed by atoms with E-state index in [1.165, 1.54) is 11.1 Å². The van der Waals surface area contributed by atoms with Crippen molar-refractivity contribution in [2.75, 3.05) is 0 Å². The molecule has 3 aromatic carbocycles. The number of hydrogen-bond donors (Lipinski definition) is 0. The molecule has 1 aliphatic heterocycles. The first-order valence-electron chi connectivity index (χ1n) is 8.78. The van der Waals surface area contributed by atoms with Gasteiger partial charge in [0.25, 0.3) is 0 Å². The maximum absolute atomic E-state index is 6.47. The van der Waals surface area contributed by atoms with Crippen molar-refractivity contribution in [2.24, 2.45) is 0 Å². The van der Waals surface area contributed by atoms with Crippen molar-refractivity contribution in [3.63, 3.8) is 0 Å². The van der Waals surface area contributed by atoms with Crippen LogP contribution in [-0.2, 0) is 9.31 Å². The Kier molecular flexibility index (Phi) is 4.69. The van der Waals surface area contributed by atoms with Gasteiger partial charge < -0.3 is 9.31 Å². The van der Waals surface area contributed by atoms with Crippen LogP contribution in [0.4, 0.5) is 0 Å². The number of benzene rings is 3. The summed E-state index contributed by atoms with van der Waals surface area (Å²) in [6.45, 7) is 2.14. The van der Waals surface area contributed by atoms with Gasteiger partial charge in [0.05, 0.1) is 6.10 Å². The van der Waals surface area contributed by atoms with Gasteiger partial charge in [-0.2, -0.15) is 0 Å². The molecule has 25 heavy (non-hydrogen) atoms. The lowest BCUT2D eigenvalue weighted by atomic mass is 9.73. The monoisotopic (exact) mass is 328 g/mol. The summed E-state index contributed by atoms with van der Waals surface area (Å²) < 4.78 is 12.7. The van der Waals surface area contributed by atoms with Gasteiger partial charge >= 0.3 is 7.12 Å². The minimum absolute atomic E-state index is 0.0439. The number of rotatable bonds is 3. The zero-order valence-corrected chi connectivity index (χ0v) is 14.3. The Morgan fingerprint density at radius 1 is 0.640 bits per heavy atom. The van der Waals surface area contributed by atoms with Gasteiger partial charge in [-0.3, -0.25) is 0 Å². The molecule has 0 bridgehead atoms. The van der Waals surface area contributed by atoms with E-state index in [1.807, 2.05) is 30.3 Å². The van der Waals surface area contributed by atoms with E-state index in [0.717, 1.165) is 5.46 Å². The molecule has 0 amide bonds. The third-order valence-electron chi connectivity index (χ3n) is 4.82. The van der Waals surface area contributed by atoms with E-state index in [-0.39, 0.29) is 25.2 Å². The predicted octanol–water partition coefficient (Wildman–Crippen LogP) is 4.34. The summed E-state index contributed by atoms with van der Waals surface area (Å²) in [4.78, 5) is 0. The average Bonchev–Trinajstić information content (AvgIpc) is 2.69. The molecule has 0 spiro atoms. The van der Waals surface area contributed by atoms with Gasteiger partial charge in [0.15, 0.2) is 0 Å². The highest BCUT2D eigenvalue weighted by Crippen LogP contribution is 2.41. The Bertz CT molecular complexity index is 792. The molecule has 2 nitrogen and oxygen atoms in total. The number of hydrogen-bond acceptors (Lipinski definition) is 2. The molecule has 1 fully saturated rings. The van der Waals surface area contributed by atoms with Crippen LogP contribution in [0.1, 0.15) is 30.1 Å². The Labute approximate surface area is 149 Å². The normalized spacial score (nSPS) is 23.4. The van der Waals surface area contributed by atoms with Crippen molar-refractivity contribution in [1.82, 2.24) is 0 Å². The van der Waals surface area contributed by atoms with Crippen LogP contribution in [0.5, 0.6) is 0 Å². The highest BCUT2D eigenvalue weighted by molar-refractivity contribution is 6.61. The first kappa shape index (κ1) is 16.1. The molecular weight excluding hydrogens is 307 g/mol. The molecule has 0 saturated carbocycles. The van der Waals surface area contributed by atoms with E-state index < -0.39 is 0 Å². The van der Waals surface area contributed by atoms with Crippen molar-refractivity contribution in [1.29, 1.82) is 0 Å². The van der Waals surface area contributed by atoms with E-state index in [0.29, 0.717) is 0 Å². The summed E-state index contributed by atoms with van der Waals surface area (Å²) in [5.74, 6) is 0.156. The van der Waals surface area contributed by atoms with Gasteiger partial charge in [0.2, 0.25) is 0 Å². The zero-order chi connectivity index (χ0) is 17.1. The molecule has 3 heteroatoms. The average molecular weight is 328 g/mol. The van der Waals surface area contributed by atoms with E-state index in [9.17, 15) is 0 Å². The smallest absolute Gasteiger partial charge is 0.404 e. The highest BCUT2D eigenvalue weighted by atomic mass is 16.6. The van der Waals surface area contributed by atoms with Gasteiger partial charge in [-0.05, 0) is 23.5 Å². The summed E-state index contributed by atoms with van der Waals surface area (Å²) in [6, 6.07) is 31.1. The SMILES string of the molecule is C[C@H]1OB(c2ccccc2)O[C@@H](c2ccccc2)[C@@H]1c1ccccc1. The van der Waals surface area contributed by atoms with Gasteiger partial charge in [0.1, 0.15) is 0 Å². The molecule has 1 heterocycles. The quantitative estimate of drug-likeness (QED) is 0.666. The molecule has 0 aliphatic carbocycles. The fourth-order valence-electron chi connectivity index (χ4n) is 3.59. The summed E-state index contributed by atoms with van der Waals surface area (Å²) in [5, 5.41) is 0. The summed E-state index contributed by atoms with van der Waals surface area (Å²) in [7, 11) is -0.346. The van der Waals surface area contributed by atoms with Crippen LogP contribution >= 0.6 is 0 Å². The fraction of sp³-hybridized carbons (Fsp3) is 0.182. The van der Waals surface area contributed by atoms with Crippen molar-refractivity contribution in [3.05, 3.63) is 102 Å². The van der Waals surface area contributed by atoms with Crippen LogP contribution in [-0.4, -0.2) is 13.2 Å². The second-order valence-electron chi connectivity index (χ2n) is 6.49. The molecule has 3 atom stereocenters. The lowest BCUT2D eigenvalue weighted by molar-refractivity contribution is 0.00636. The first-order chi connectivity index (χ1) is 12.3. The summed E-state index contributed by atoms with van der Waals surface area (Å²) >= 11 is 0. The molecule has 0 aromatic heterocycles. The molecule has 0 radical (unpaired) electrons. The van der Waals surface area contributed by atoms with Crippen molar-refractivity contribution < 1.29 is 9.31 Å². The van der Waals surface area contributed by atoms with E-state index in [4.69, 9.17) is 9.31 Å². The van der Waals surface area contributed by atoms with Crippen LogP contribution in [0.2, 0.25) is 0 Å². The minimum atomic E-state index is -0.346. The molecule has 3 aromatic rings. The van der Waals surface area contributed by atoms with Crippen molar-refractivity contribution in [2.45, 2.75) is 25.0 Å². The molecule has 4 rings (SSSR count). The summed E-state index contributed by atoms with van der Waals surface area (Å²) in [5.41, 5.74) is 3.49.